The molecule has 2 atom stereocenters. The molecule has 1 aromatic heterocycles. The number of nitrogens with zero attached hydrogens (tertiary/aromatic N) is 1. The van der Waals surface area contributed by atoms with Crippen molar-refractivity contribution in [1.82, 2.24) is 15.5 Å². The van der Waals surface area contributed by atoms with Crippen LogP contribution < -0.4 is 10.6 Å². The Morgan fingerprint density at radius 3 is 2.78 bits per heavy atom. The number of nitrogens with one attached hydrogen (secondary N) is 2. The second-order valence-corrected chi connectivity index (χ2v) is 6.79. The molecule has 0 unspecified atom stereocenters. The van der Waals surface area contributed by atoms with Crippen LogP contribution in [0.3, 0.4) is 0 Å². The van der Waals surface area contributed by atoms with E-state index in [0.717, 1.165) is 36.5 Å². The van der Waals surface area contributed by atoms with E-state index >= 15 is 0 Å². The Balaban J connectivity index is 1.44. The number of carbonyl (C=O) groups is 2. The summed E-state index contributed by atoms with van der Waals surface area (Å²) < 4.78 is 5.50. The molecule has 1 aromatic rings. The molecule has 2 aliphatic rings. The number of furan rings is 1. The first-order chi connectivity index (χ1) is 10.9. The van der Waals surface area contributed by atoms with Gasteiger partial charge in [0.05, 0.1) is 6.04 Å². The highest BCUT2D eigenvalue weighted by Gasteiger charge is 2.39. The third-order valence-electron chi connectivity index (χ3n) is 4.67. The molecule has 0 spiro atoms. The minimum absolute atomic E-state index is 0.111. The number of amides is 3. The minimum Gasteiger partial charge on any atom is -0.466 e. The van der Waals surface area contributed by atoms with Gasteiger partial charge in [-0.15, -0.1) is 0 Å². The van der Waals surface area contributed by atoms with E-state index < -0.39 is 0 Å². The second-order valence-electron chi connectivity index (χ2n) is 6.79. The number of hydrogen-bond acceptors (Lipinski definition) is 3. The van der Waals surface area contributed by atoms with E-state index in [1.807, 2.05) is 31.7 Å². The summed E-state index contributed by atoms with van der Waals surface area (Å²) in [5.74, 6) is 2.13. The summed E-state index contributed by atoms with van der Waals surface area (Å²) in [5, 5.41) is 5.82. The maximum Gasteiger partial charge on any atom is 0.315 e. The lowest BCUT2D eigenvalue weighted by molar-refractivity contribution is -0.128. The molecule has 1 saturated carbocycles. The van der Waals surface area contributed by atoms with Crippen molar-refractivity contribution in [3.8, 4) is 0 Å². The first-order valence-electron chi connectivity index (χ1n) is 8.34. The van der Waals surface area contributed by atoms with Crippen LogP contribution in [-0.4, -0.2) is 36.0 Å². The van der Waals surface area contributed by atoms with Crippen molar-refractivity contribution in [3.05, 3.63) is 23.2 Å². The predicted molar refractivity (Wildman–Crippen MR) is 86.0 cm³/mol. The Bertz CT molecular complexity index is 606. The molecule has 0 aromatic carbocycles. The van der Waals surface area contributed by atoms with E-state index in [1.165, 1.54) is 0 Å². The van der Waals surface area contributed by atoms with E-state index in [1.54, 1.807) is 0 Å². The smallest absolute Gasteiger partial charge is 0.315 e. The summed E-state index contributed by atoms with van der Waals surface area (Å²) in [6, 6.07) is 2.10. The molecule has 1 aliphatic heterocycles. The predicted octanol–water partition coefficient (Wildman–Crippen LogP) is 2.27. The zero-order valence-electron chi connectivity index (χ0n) is 14.0. The van der Waals surface area contributed by atoms with Gasteiger partial charge in [0, 0.05) is 37.0 Å². The van der Waals surface area contributed by atoms with E-state index in [2.05, 4.69) is 10.6 Å². The first kappa shape index (κ1) is 15.9. The molecule has 126 valence electrons. The number of urea groups is 1. The van der Waals surface area contributed by atoms with Crippen molar-refractivity contribution in [2.45, 2.75) is 52.1 Å². The Labute approximate surface area is 136 Å². The fourth-order valence-electron chi connectivity index (χ4n) is 3.33. The van der Waals surface area contributed by atoms with Crippen molar-refractivity contribution >= 4 is 11.9 Å². The van der Waals surface area contributed by atoms with E-state index in [9.17, 15) is 9.59 Å². The highest BCUT2D eigenvalue weighted by atomic mass is 16.3. The van der Waals surface area contributed by atoms with Crippen LogP contribution >= 0.6 is 0 Å². The van der Waals surface area contributed by atoms with Gasteiger partial charge in [0.2, 0.25) is 5.91 Å². The summed E-state index contributed by atoms with van der Waals surface area (Å²) in [7, 11) is 0. The van der Waals surface area contributed by atoms with Gasteiger partial charge in [-0.25, -0.2) is 4.79 Å². The zero-order chi connectivity index (χ0) is 16.6. The van der Waals surface area contributed by atoms with Gasteiger partial charge in [0.15, 0.2) is 0 Å². The summed E-state index contributed by atoms with van der Waals surface area (Å²) in [6.07, 6.45) is 2.81. The maximum absolute atomic E-state index is 12.1. The number of carbonyl (C=O) groups excluding carboxylic acids is 2. The third-order valence-corrected chi connectivity index (χ3v) is 4.67. The molecular weight excluding hydrogens is 294 g/mol. The quantitative estimate of drug-likeness (QED) is 0.874. The van der Waals surface area contributed by atoms with Gasteiger partial charge in [-0.3, -0.25) is 4.79 Å². The maximum atomic E-state index is 12.1. The van der Waals surface area contributed by atoms with E-state index in [0.29, 0.717) is 19.0 Å². The lowest BCUT2D eigenvalue weighted by Gasteiger charge is -2.17. The average Bonchev–Trinajstić information content (AvgIpc) is 3.17. The standard InChI is InChI=1S/C17H25N3O3/c1-10-6-15(12(3)23-10)11(2)19-17(22)18-8-13-7-16(21)20(9-13)14-4-5-14/h6,11,13-14H,4-5,7-9H2,1-3H3,(H2,18,19,22)/t11-,13-/m0/s1. The molecule has 3 amide bonds. The van der Waals surface area contributed by atoms with Crippen molar-refractivity contribution < 1.29 is 14.0 Å². The van der Waals surface area contributed by atoms with Crippen molar-refractivity contribution in [2.24, 2.45) is 5.92 Å². The van der Waals surface area contributed by atoms with Crippen LogP contribution in [0.25, 0.3) is 0 Å². The second kappa shape index (κ2) is 6.26. The topological polar surface area (TPSA) is 74.6 Å². The van der Waals surface area contributed by atoms with Crippen LogP contribution in [0, 0.1) is 19.8 Å². The molecule has 6 heteroatoms. The number of hydrogen-bond donors (Lipinski definition) is 2. The lowest BCUT2D eigenvalue weighted by Crippen LogP contribution is -2.40. The fraction of sp³-hybridized carbons (Fsp3) is 0.647. The van der Waals surface area contributed by atoms with Gasteiger partial charge < -0.3 is 20.0 Å². The van der Waals surface area contributed by atoms with Crippen LogP contribution in [0.15, 0.2) is 10.5 Å². The summed E-state index contributed by atoms with van der Waals surface area (Å²) >= 11 is 0. The zero-order valence-corrected chi connectivity index (χ0v) is 14.0. The first-order valence-corrected chi connectivity index (χ1v) is 8.34. The molecule has 0 radical (unpaired) electrons. The van der Waals surface area contributed by atoms with E-state index in [-0.39, 0.29) is 23.9 Å². The minimum atomic E-state index is -0.201. The van der Waals surface area contributed by atoms with Gasteiger partial charge >= 0.3 is 6.03 Å². The Morgan fingerprint density at radius 2 is 2.17 bits per heavy atom. The summed E-state index contributed by atoms with van der Waals surface area (Å²) in [4.78, 5) is 25.9. The molecule has 1 aliphatic carbocycles. The number of aryl methyl sites for hydroxylation is 2. The van der Waals surface area contributed by atoms with Crippen molar-refractivity contribution in [3.63, 3.8) is 0 Å². The van der Waals surface area contributed by atoms with Crippen LogP contribution in [-0.2, 0) is 4.79 Å². The molecular formula is C17H25N3O3. The van der Waals surface area contributed by atoms with Gasteiger partial charge in [0.1, 0.15) is 11.5 Å². The molecule has 0 bridgehead atoms. The van der Waals surface area contributed by atoms with Crippen LogP contribution in [0.2, 0.25) is 0 Å². The molecule has 6 nitrogen and oxygen atoms in total. The summed E-state index contributed by atoms with van der Waals surface area (Å²) in [6.45, 7) is 7.04. The molecule has 2 N–H and O–H groups in total. The molecule has 2 heterocycles. The highest BCUT2D eigenvalue weighted by molar-refractivity contribution is 5.79. The molecule has 1 saturated heterocycles. The van der Waals surface area contributed by atoms with E-state index in [4.69, 9.17) is 4.42 Å². The Kier molecular flexibility index (Phi) is 4.33. The van der Waals surface area contributed by atoms with Gasteiger partial charge in [-0.05, 0) is 39.7 Å². The average molecular weight is 319 g/mol. The largest absolute Gasteiger partial charge is 0.466 e. The van der Waals surface area contributed by atoms with Crippen LogP contribution in [0.1, 0.15) is 49.3 Å². The normalized spacial score (nSPS) is 22.3. The van der Waals surface area contributed by atoms with Crippen LogP contribution in [0.5, 0.6) is 0 Å². The third kappa shape index (κ3) is 3.68. The fourth-order valence-corrected chi connectivity index (χ4v) is 3.33. The summed E-state index contributed by atoms with van der Waals surface area (Å²) in [5.41, 5.74) is 0.994. The number of rotatable bonds is 5. The Hall–Kier alpha value is -1.98. The SMILES string of the molecule is Cc1cc([C@H](C)NC(=O)NC[C@@H]2CC(=O)N(C3CC3)C2)c(C)o1. The number of likely N-dealkylation sites (tertiary alicyclic amines) is 1. The highest BCUT2D eigenvalue weighted by Crippen LogP contribution is 2.32. The molecule has 23 heavy (non-hydrogen) atoms. The van der Waals surface area contributed by atoms with Crippen molar-refractivity contribution in [1.29, 1.82) is 0 Å². The molecule has 3 rings (SSSR count). The van der Waals surface area contributed by atoms with Gasteiger partial charge in [0.25, 0.3) is 0 Å². The van der Waals surface area contributed by atoms with Crippen LogP contribution in [0.4, 0.5) is 4.79 Å². The van der Waals surface area contributed by atoms with Gasteiger partial charge in [-0.2, -0.15) is 0 Å². The monoisotopic (exact) mass is 319 g/mol. The van der Waals surface area contributed by atoms with Gasteiger partial charge in [-0.1, -0.05) is 0 Å². The van der Waals surface area contributed by atoms with Crippen molar-refractivity contribution in [2.75, 3.05) is 13.1 Å². The Morgan fingerprint density at radius 1 is 1.43 bits per heavy atom. The molecule has 2 fully saturated rings. The lowest BCUT2D eigenvalue weighted by atomic mass is 10.1.